The number of nitrogens with one attached hydrogen (secondary N) is 2. The van der Waals surface area contributed by atoms with Gasteiger partial charge in [-0.3, -0.25) is 4.79 Å². The molecule has 0 unspecified atom stereocenters. The fourth-order valence-electron chi connectivity index (χ4n) is 1.89. The number of carbonyl (C=O) groups is 1. The first kappa shape index (κ1) is 15.6. The molecule has 0 aliphatic carbocycles. The van der Waals surface area contributed by atoms with E-state index in [1.54, 1.807) is 12.1 Å². The van der Waals surface area contributed by atoms with E-state index in [0.29, 0.717) is 0 Å². The zero-order valence-electron chi connectivity index (χ0n) is 11.9. The van der Waals surface area contributed by atoms with Crippen LogP contribution in [0.1, 0.15) is 45.2 Å². The number of carbonyl (C=O) groups excluding carboxylic acids is 1. The lowest BCUT2D eigenvalue weighted by Crippen LogP contribution is -2.40. The fourth-order valence-corrected chi connectivity index (χ4v) is 1.89. The Bertz CT molecular complexity index is 388. The normalized spacial score (nSPS) is 12.5. The van der Waals surface area contributed by atoms with E-state index in [1.165, 1.54) is 12.1 Å². The van der Waals surface area contributed by atoms with E-state index in [0.717, 1.165) is 18.4 Å². The molecule has 3 nitrogen and oxygen atoms in total. The number of hydrogen-bond acceptors (Lipinski definition) is 2. The highest BCUT2D eigenvalue weighted by molar-refractivity contribution is 5.78. The molecule has 2 N–H and O–H groups in total. The van der Waals surface area contributed by atoms with E-state index >= 15 is 0 Å². The summed E-state index contributed by atoms with van der Waals surface area (Å²) in [7, 11) is 0. The quantitative estimate of drug-likeness (QED) is 0.796. The number of benzene rings is 1. The van der Waals surface area contributed by atoms with Crippen LogP contribution in [0.3, 0.4) is 0 Å². The third-order valence-electron chi connectivity index (χ3n) is 3.29. The molecule has 0 aliphatic rings. The Morgan fingerprint density at radius 1 is 1.21 bits per heavy atom. The van der Waals surface area contributed by atoms with Gasteiger partial charge in [0.05, 0.1) is 6.54 Å². The lowest BCUT2D eigenvalue weighted by Gasteiger charge is -2.17. The van der Waals surface area contributed by atoms with Gasteiger partial charge in [-0.1, -0.05) is 26.0 Å². The minimum atomic E-state index is -0.248. The van der Waals surface area contributed by atoms with Crippen LogP contribution in [0.4, 0.5) is 4.39 Å². The number of amides is 1. The molecule has 0 saturated heterocycles. The van der Waals surface area contributed by atoms with Gasteiger partial charge in [0, 0.05) is 12.1 Å². The van der Waals surface area contributed by atoms with Gasteiger partial charge in [-0.25, -0.2) is 4.39 Å². The first-order chi connectivity index (χ1) is 9.06. The molecule has 4 heteroatoms. The minimum absolute atomic E-state index is 0.00246. The van der Waals surface area contributed by atoms with Crippen molar-refractivity contribution in [2.75, 3.05) is 6.54 Å². The van der Waals surface area contributed by atoms with Crippen LogP contribution < -0.4 is 10.6 Å². The van der Waals surface area contributed by atoms with Gasteiger partial charge in [-0.05, 0) is 37.5 Å². The van der Waals surface area contributed by atoms with Gasteiger partial charge in [0.15, 0.2) is 0 Å². The summed E-state index contributed by atoms with van der Waals surface area (Å²) in [6.45, 7) is 6.35. The van der Waals surface area contributed by atoms with E-state index in [-0.39, 0.29) is 30.4 Å². The molecule has 0 fully saturated rings. The van der Waals surface area contributed by atoms with E-state index in [4.69, 9.17) is 0 Å². The van der Waals surface area contributed by atoms with Crippen LogP contribution in [0.15, 0.2) is 24.3 Å². The van der Waals surface area contributed by atoms with Crippen molar-refractivity contribution in [3.8, 4) is 0 Å². The molecule has 0 spiro atoms. The smallest absolute Gasteiger partial charge is 0.234 e. The van der Waals surface area contributed by atoms with Crippen LogP contribution in [0, 0.1) is 5.82 Å². The largest absolute Gasteiger partial charge is 0.352 e. The van der Waals surface area contributed by atoms with Crippen molar-refractivity contribution in [1.29, 1.82) is 0 Å². The highest BCUT2D eigenvalue weighted by Gasteiger charge is 2.10. The Kier molecular flexibility index (Phi) is 6.50. The fraction of sp³-hybridized carbons (Fsp3) is 0.533. The summed E-state index contributed by atoms with van der Waals surface area (Å²) in [5.74, 6) is -0.245. The molecule has 1 atom stereocenters. The van der Waals surface area contributed by atoms with Crippen molar-refractivity contribution in [2.45, 2.75) is 45.7 Å². The van der Waals surface area contributed by atoms with E-state index < -0.39 is 0 Å². The molecule has 1 rings (SSSR count). The maximum absolute atomic E-state index is 12.8. The summed E-state index contributed by atoms with van der Waals surface area (Å²) in [6.07, 6.45) is 1.88. The Labute approximate surface area is 114 Å². The predicted octanol–water partition coefficient (Wildman–Crippen LogP) is 2.78. The molecule has 0 radical (unpaired) electrons. The maximum Gasteiger partial charge on any atom is 0.234 e. The van der Waals surface area contributed by atoms with Crippen LogP contribution in [0.25, 0.3) is 0 Å². The second-order valence-corrected chi connectivity index (χ2v) is 4.74. The van der Waals surface area contributed by atoms with Crippen molar-refractivity contribution in [3.05, 3.63) is 35.6 Å². The average Bonchev–Trinajstić information content (AvgIpc) is 2.43. The molecular weight excluding hydrogens is 243 g/mol. The molecule has 0 heterocycles. The molecule has 0 aliphatic heterocycles. The summed E-state index contributed by atoms with van der Waals surface area (Å²) in [6, 6.07) is 6.58. The second-order valence-electron chi connectivity index (χ2n) is 4.74. The topological polar surface area (TPSA) is 41.1 Å². The standard InChI is InChI=1S/C15H23FN2O/c1-4-14(5-2)18-15(19)10-17-11(3)12-6-8-13(16)9-7-12/h6-9,11,14,17H,4-5,10H2,1-3H3,(H,18,19)/t11-/m1/s1. The van der Waals surface area contributed by atoms with Crippen molar-refractivity contribution in [1.82, 2.24) is 10.6 Å². The van der Waals surface area contributed by atoms with Gasteiger partial charge in [0.1, 0.15) is 5.82 Å². The lowest BCUT2D eigenvalue weighted by molar-refractivity contribution is -0.121. The Morgan fingerprint density at radius 3 is 2.32 bits per heavy atom. The first-order valence-electron chi connectivity index (χ1n) is 6.85. The Hall–Kier alpha value is -1.42. The SMILES string of the molecule is CCC(CC)NC(=O)CN[C@H](C)c1ccc(F)cc1. The summed E-state index contributed by atoms with van der Waals surface area (Å²) < 4.78 is 12.8. The van der Waals surface area contributed by atoms with Crippen molar-refractivity contribution < 1.29 is 9.18 Å². The lowest BCUT2D eigenvalue weighted by atomic mass is 10.1. The molecular formula is C15H23FN2O. The molecule has 0 aromatic heterocycles. The monoisotopic (exact) mass is 266 g/mol. The van der Waals surface area contributed by atoms with Gasteiger partial charge in [-0.2, -0.15) is 0 Å². The number of halogens is 1. The van der Waals surface area contributed by atoms with E-state index in [9.17, 15) is 9.18 Å². The number of hydrogen-bond donors (Lipinski definition) is 2. The van der Waals surface area contributed by atoms with Crippen LogP contribution >= 0.6 is 0 Å². The van der Waals surface area contributed by atoms with Gasteiger partial charge in [0.2, 0.25) is 5.91 Å². The first-order valence-corrected chi connectivity index (χ1v) is 6.85. The van der Waals surface area contributed by atoms with E-state index in [1.807, 2.05) is 6.92 Å². The number of rotatable bonds is 7. The third kappa shape index (κ3) is 5.39. The zero-order valence-corrected chi connectivity index (χ0v) is 11.9. The molecule has 106 valence electrons. The second kappa shape index (κ2) is 7.89. The van der Waals surface area contributed by atoms with Crippen LogP contribution in [-0.4, -0.2) is 18.5 Å². The summed E-state index contributed by atoms with van der Waals surface area (Å²) in [5.41, 5.74) is 0.969. The molecule has 0 bridgehead atoms. The average molecular weight is 266 g/mol. The summed E-state index contributed by atoms with van der Waals surface area (Å²) in [5, 5.41) is 6.11. The summed E-state index contributed by atoms with van der Waals surface area (Å²) in [4.78, 5) is 11.7. The molecule has 1 aromatic rings. The summed E-state index contributed by atoms with van der Waals surface area (Å²) >= 11 is 0. The Balaban J connectivity index is 2.39. The highest BCUT2D eigenvalue weighted by Crippen LogP contribution is 2.12. The van der Waals surface area contributed by atoms with Gasteiger partial charge >= 0.3 is 0 Å². The van der Waals surface area contributed by atoms with Crippen molar-refractivity contribution in [2.24, 2.45) is 0 Å². The maximum atomic E-state index is 12.8. The van der Waals surface area contributed by atoms with Crippen LogP contribution in [0.2, 0.25) is 0 Å². The molecule has 0 saturated carbocycles. The van der Waals surface area contributed by atoms with Crippen LogP contribution in [-0.2, 0) is 4.79 Å². The van der Waals surface area contributed by atoms with Gasteiger partial charge < -0.3 is 10.6 Å². The third-order valence-corrected chi connectivity index (χ3v) is 3.29. The minimum Gasteiger partial charge on any atom is -0.352 e. The molecule has 1 aromatic carbocycles. The molecule has 1 amide bonds. The highest BCUT2D eigenvalue weighted by atomic mass is 19.1. The zero-order chi connectivity index (χ0) is 14.3. The van der Waals surface area contributed by atoms with Crippen molar-refractivity contribution >= 4 is 5.91 Å². The van der Waals surface area contributed by atoms with Gasteiger partial charge in [0.25, 0.3) is 0 Å². The Morgan fingerprint density at radius 2 is 1.79 bits per heavy atom. The van der Waals surface area contributed by atoms with Gasteiger partial charge in [-0.15, -0.1) is 0 Å². The van der Waals surface area contributed by atoms with E-state index in [2.05, 4.69) is 24.5 Å². The predicted molar refractivity (Wildman–Crippen MR) is 75.3 cm³/mol. The van der Waals surface area contributed by atoms with Crippen molar-refractivity contribution in [3.63, 3.8) is 0 Å². The van der Waals surface area contributed by atoms with Crippen LogP contribution in [0.5, 0.6) is 0 Å². The molecule has 19 heavy (non-hydrogen) atoms.